The molecule has 0 bridgehead atoms. The Morgan fingerprint density at radius 2 is 2.38 bits per heavy atom. The van der Waals surface area contributed by atoms with E-state index in [4.69, 9.17) is 0 Å². The van der Waals surface area contributed by atoms with Crippen molar-refractivity contribution in [3.8, 4) is 11.3 Å². The molecule has 0 atom stereocenters. The molecule has 1 saturated carbocycles. The fraction of sp³-hybridized carbons (Fsp3) is 0.333. The number of H-pyrrole nitrogens is 1. The van der Waals surface area contributed by atoms with Crippen LogP contribution in [0.5, 0.6) is 0 Å². The summed E-state index contributed by atoms with van der Waals surface area (Å²) in [5.74, 6) is 0.755. The molecule has 1 aliphatic carbocycles. The van der Waals surface area contributed by atoms with Gasteiger partial charge >= 0.3 is 0 Å². The number of aromatic nitrogens is 3. The molecule has 0 amide bonds. The van der Waals surface area contributed by atoms with Crippen LogP contribution >= 0.6 is 11.3 Å². The molecular formula is C9H9N3S. The zero-order chi connectivity index (χ0) is 8.67. The largest absolute Gasteiger partial charge is 0.285 e. The van der Waals surface area contributed by atoms with E-state index in [-0.39, 0.29) is 0 Å². The summed E-state index contributed by atoms with van der Waals surface area (Å²) in [6.45, 7) is 0. The van der Waals surface area contributed by atoms with Crippen LogP contribution in [-0.4, -0.2) is 15.2 Å². The van der Waals surface area contributed by atoms with Crippen LogP contribution in [0.2, 0.25) is 0 Å². The number of nitrogens with zero attached hydrogens (tertiary/aromatic N) is 2. The second-order valence-corrected chi connectivity index (χ2v) is 4.22. The van der Waals surface area contributed by atoms with E-state index in [1.165, 1.54) is 17.8 Å². The first-order chi connectivity index (χ1) is 6.43. The molecule has 1 aliphatic rings. The molecule has 0 saturated heterocycles. The lowest BCUT2D eigenvalue weighted by molar-refractivity contribution is 1.09. The predicted molar refractivity (Wildman–Crippen MR) is 51.7 cm³/mol. The van der Waals surface area contributed by atoms with Crippen LogP contribution in [0.3, 0.4) is 0 Å². The fourth-order valence-corrected chi connectivity index (χ4v) is 2.33. The molecule has 2 aromatic heterocycles. The Balaban J connectivity index is 1.97. The first-order valence-electron chi connectivity index (χ1n) is 4.38. The third-order valence-corrected chi connectivity index (χ3v) is 3.25. The maximum Gasteiger partial charge on any atom is 0.0963 e. The van der Waals surface area contributed by atoms with Crippen molar-refractivity contribution in [2.75, 3.05) is 0 Å². The van der Waals surface area contributed by atoms with Gasteiger partial charge in [0.15, 0.2) is 0 Å². The molecule has 0 spiro atoms. The van der Waals surface area contributed by atoms with E-state index < -0.39 is 0 Å². The summed E-state index contributed by atoms with van der Waals surface area (Å²) in [5, 5.41) is 10.1. The quantitative estimate of drug-likeness (QED) is 0.792. The fourth-order valence-electron chi connectivity index (χ4n) is 1.33. The van der Waals surface area contributed by atoms with Gasteiger partial charge in [0, 0.05) is 23.1 Å². The molecule has 4 heteroatoms. The van der Waals surface area contributed by atoms with Gasteiger partial charge < -0.3 is 0 Å². The normalized spacial score (nSPS) is 16.3. The van der Waals surface area contributed by atoms with E-state index >= 15 is 0 Å². The molecule has 0 unspecified atom stereocenters. The molecule has 2 heterocycles. The van der Waals surface area contributed by atoms with Crippen molar-refractivity contribution >= 4 is 11.3 Å². The van der Waals surface area contributed by atoms with Crippen LogP contribution in [0.1, 0.15) is 23.8 Å². The minimum Gasteiger partial charge on any atom is -0.285 e. The number of nitrogens with one attached hydrogen (secondary N) is 1. The summed E-state index contributed by atoms with van der Waals surface area (Å²) in [7, 11) is 0. The highest BCUT2D eigenvalue weighted by atomic mass is 32.1. The van der Waals surface area contributed by atoms with Crippen LogP contribution < -0.4 is 0 Å². The second kappa shape index (κ2) is 2.67. The third-order valence-electron chi connectivity index (χ3n) is 2.24. The molecule has 1 fully saturated rings. The van der Waals surface area contributed by atoms with Crippen LogP contribution in [0.25, 0.3) is 11.3 Å². The molecule has 13 heavy (non-hydrogen) atoms. The summed E-state index contributed by atoms with van der Waals surface area (Å²) in [5.41, 5.74) is 2.14. The van der Waals surface area contributed by atoms with Crippen molar-refractivity contribution < 1.29 is 0 Å². The second-order valence-electron chi connectivity index (χ2n) is 3.33. The summed E-state index contributed by atoms with van der Waals surface area (Å²) >= 11 is 1.77. The Labute approximate surface area is 79.8 Å². The zero-order valence-electron chi connectivity index (χ0n) is 7.03. The lowest BCUT2D eigenvalue weighted by Crippen LogP contribution is -1.77. The monoisotopic (exact) mass is 191 g/mol. The molecule has 3 nitrogen and oxygen atoms in total. The summed E-state index contributed by atoms with van der Waals surface area (Å²) in [6.07, 6.45) is 6.33. The maximum atomic E-state index is 4.57. The van der Waals surface area contributed by atoms with Crippen LogP contribution in [0, 0.1) is 0 Å². The molecule has 66 valence electrons. The Morgan fingerprint density at radius 1 is 1.46 bits per heavy atom. The van der Waals surface area contributed by atoms with Gasteiger partial charge in [0.05, 0.1) is 16.9 Å². The highest BCUT2D eigenvalue weighted by molar-refractivity contribution is 7.10. The van der Waals surface area contributed by atoms with Crippen molar-refractivity contribution in [3.05, 3.63) is 22.8 Å². The topological polar surface area (TPSA) is 41.6 Å². The van der Waals surface area contributed by atoms with Crippen molar-refractivity contribution in [1.29, 1.82) is 0 Å². The molecule has 3 rings (SSSR count). The summed E-state index contributed by atoms with van der Waals surface area (Å²) in [4.78, 5) is 4.57. The van der Waals surface area contributed by atoms with E-state index in [0.717, 1.165) is 17.2 Å². The van der Waals surface area contributed by atoms with Crippen molar-refractivity contribution in [2.45, 2.75) is 18.8 Å². The molecule has 1 N–H and O–H groups in total. The molecule has 2 aromatic rings. The maximum absolute atomic E-state index is 4.57. The summed E-state index contributed by atoms with van der Waals surface area (Å²) in [6, 6.07) is 0. The number of hydrogen-bond donors (Lipinski definition) is 1. The number of hydrogen-bond acceptors (Lipinski definition) is 3. The van der Waals surface area contributed by atoms with Gasteiger partial charge in [0.25, 0.3) is 0 Å². The molecule has 0 aliphatic heterocycles. The highest BCUT2D eigenvalue weighted by Crippen LogP contribution is 2.42. The van der Waals surface area contributed by atoms with Crippen molar-refractivity contribution in [2.24, 2.45) is 0 Å². The smallest absolute Gasteiger partial charge is 0.0963 e. The first kappa shape index (κ1) is 7.26. The standard InChI is InChI=1S/C9H9N3S/c1-2-6(1)9-12-8(5-13-9)7-3-10-11-4-7/h3-6H,1-2H2,(H,10,11). The lowest BCUT2D eigenvalue weighted by atomic mass is 10.3. The van der Waals surface area contributed by atoms with E-state index in [1.807, 2.05) is 12.4 Å². The van der Waals surface area contributed by atoms with Gasteiger partial charge in [0.2, 0.25) is 0 Å². The van der Waals surface area contributed by atoms with Gasteiger partial charge in [-0.05, 0) is 12.8 Å². The predicted octanol–water partition coefficient (Wildman–Crippen LogP) is 2.41. The van der Waals surface area contributed by atoms with Crippen LogP contribution in [0.15, 0.2) is 17.8 Å². The highest BCUT2D eigenvalue weighted by Gasteiger charge is 2.26. The van der Waals surface area contributed by atoms with Gasteiger partial charge in [-0.15, -0.1) is 11.3 Å². The van der Waals surface area contributed by atoms with E-state index in [9.17, 15) is 0 Å². The van der Waals surface area contributed by atoms with Gasteiger partial charge in [0.1, 0.15) is 0 Å². The average Bonchev–Trinajstić information content (AvgIpc) is 2.72. The van der Waals surface area contributed by atoms with Crippen LogP contribution in [0.4, 0.5) is 0 Å². The molecule has 0 radical (unpaired) electrons. The van der Waals surface area contributed by atoms with Crippen LogP contribution in [-0.2, 0) is 0 Å². The Hall–Kier alpha value is -1.16. The van der Waals surface area contributed by atoms with Gasteiger partial charge in [-0.25, -0.2) is 4.98 Å². The van der Waals surface area contributed by atoms with Gasteiger partial charge in [-0.3, -0.25) is 5.10 Å². The lowest BCUT2D eigenvalue weighted by Gasteiger charge is -1.87. The molecular weight excluding hydrogens is 182 g/mol. The van der Waals surface area contributed by atoms with Crippen molar-refractivity contribution in [1.82, 2.24) is 15.2 Å². The first-order valence-corrected chi connectivity index (χ1v) is 5.26. The van der Waals surface area contributed by atoms with Gasteiger partial charge in [-0.2, -0.15) is 5.10 Å². The van der Waals surface area contributed by atoms with E-state index in [2.05, 4.69) is 20.6 Å². The Kier molecular flexibility index (Phi) is 1.49. The Morgan fingerprint density at radius 3 is 3.08 bits per heavy atom. The Bertz CT molecular complexity index is 400. The third kappa shape index (κ3) is 1.27. The minimum absolute atomic E-state index is 0.755. The van der Waals surface area contributed by atoms with Gasteiger partial charge in [-0.1, -0.05) is 0 Å². The van der Waals surface area contributed by atoms with E-state index in [0.29, 0.717) is 0 Å². The molecule has 0 aromatic carbocycles. The number of rotatable bonds is 2. The SMILES string of the molecule is c1n[nH]cc1-c1csc(C2CC2)n1. The zero-order valence-corrected chi connectivity index (χ0v) is 7.84. The average molecular weight is 191 g/mol. The minimum atomic E-state index is 0.755. The van der Waals surface area contributed by atoms with E-state index in [1.54, 1.807) is 11.3 Å². The summed E-state index contributed by atoms with van der Waals surface area (Å²) < 4.78 is 0. The number of thiazole rings is 1. The van der Waals surface area contributed by atoms with Crippen molar-refractivity contribution in [3.63, 3.8) is 0 Å². The number of aromatic amines is 1.